The number of anilines is 2. The van der Waals surface area contributed by atoms with Gasteiger partial charge in [-0.25, -0.2) is 4.98 Å². The van der Waals surface area contributed by atoms with Crippen LogP contribution in [0.5, 0.6) is 0 Å². The minimum Gasteiger partial charge on any atom is -0.368 e. The van der Waals surface area contributed by atoms with Crippen LogP contribution < -0.4 is 10.6 Å². The number of pyridine rings is 1. The number of hydrogen-bond acceptors (Lipinski definition) is 4. The zero-order valence-electron chi connectivity index (χ0n) is 18.9. The summed E-state index contributed by atoms with van der Waals surface area (Å²) in [6.07, 6.45) is 5.93. The Morgan fingerprint density at radius 3 is 2.91 bits per heavy atom. The molecule has 32 heavy (non-hydrogen) atoms. The van der Waals surface area contributed by atoms with Gasteiger partial charge in [-0.3, -0.25) is 9.79 Å². The van der Waals surface area contributed by atoms with Gasteiger partial charge in [0, 0.05) is 29.8 Å². The zero-order valence-corrected chi connectivity index (χ0v) is 18.9. The maximum absolute atomic E-state index is 13.4. The van der Waals surface area contributed by atoms with Gasteiger partial charge in [0.25, 0.3) is 0 Å². The van der Waals surface area contributed by atoms with Crippen molar-refractivity contribution in [1.82, 2.24) is 14.9 Å². The fourth-order valence-corrected chi connectivity index (χ4v) is 4.74. The number of fused-ring (bicyclic) bond motifs is 2. The van der Waals surface area contributed by atoms with Crippen molar-refractivity contribution in [2.75, 3.05) is 23.7 Å². The molecule has 1 saturated heterocycles. The average Bonchev–Trinajstić information content (AvgIpc) is 3.16. The van der Waals surface area contributed by atoms with Crippen LogP contribution in [0.3, 0.4) is 0 Å². The van der Waals surface area contributed by atoms with E-state index in [1.165, 1.54) is 0 Å². The number of carbonyl (C=O) groups excluding carboxylic acids is 1. The van der Waals surface area contributed by atoms with E-state index < -0.39 is 5.54 Å². The number of likely N-dealkylation sites (tertiary alicyclic amines) is 1. The number of carbonyl (C=O) groups is 1. The van der Waals surface area contributed by atoms with E-state index >= 15 is 0 Å². The number of nitrogens with one attached hydrogen (secondary N) is 3. The number of hydrogen-bond donors (Lipinski definition) is 3. The molecule has 3 aromatic rings. The maximum Gasteiger partial charge on any atom is 0.227 e. The minimum atomic E-state index is -0.447. The van der Waals surface area contributed by atoms with E-state index in [9.17, 15) is 4.79 Å². The molecule has 1 spiro atoms. The molecule has 2 aromatic heterocycles. The molecule has 166 valence electrons. The predicted octanol–water partition coefficient (Wildman–Crippen LogP) is 4.20. The number of amides is 1. The number of nitrogens with zero attached hydrogens (tertiary/aromatic N) is 3. The Hall–Kier alpha value is -3.35. The highest BCUT2D eigenvalue weighted by Crippen LogP contribution is 2.36. The second kappa shape index (κ2) is 7.65. The van der Waals surface area contributed by atoms with Crippen molar-refractivity contribution in [1.29, 1.82) is 0 Å². The van der Waals surface area contributed by atoms with Crippen molar-refractivity contribution in [3.8, 4) is 0 Å². The summed E-state index contributed by atoms with van der Waals surface area (Å²) in [5.74, 6) is 1.78. The summed E-state index contributed by atoms with van der Waals surface area (Å²) in [6.45, 7) is 7.60. The first-order chi connectivity index (χ1) is 15.3. The maximum atomic E-state index is 13.4. The van der Waals surface area contributed by atoms with Gasteiger partial charge in [0.15, 0.2) is 5.82 Å². The van der Waals surface area contributed by atoms with Crippen molar-refractivity contribution in [2.45, 2.75) is 51.1 Å². The second-order valence-electron chi connectivity index (χ2n) is 9.82. The Bertz CT molecular complexity index is 1190. The SMILES string of the molecule is CC(C)(C)N=C1Nc2ncccc2NC12CCCN(C(=O)Cc1c[nH]c3ccccc13)C2. The standard InChI is InChI=1S/C25H30N6O/c1-24(2,3)30-23-25(29-20-10-6-12-26-22(20)28-23)11-7-13-31(16-25)21(32)14-17-15-27-19-9-5-4-8-18(17)19/h4-6,8-10,12,15,27,29H,7,11,13-14,16H2,1-3H3,(H,26,28,30). The van der Waals surface area contributed by atoms with Crippen LogP contribution in [0.2, 0.25) is 0 Å². The van der Waals surface area contributed by atoms with Crippen molar-refractivity contribution >= 4 is 34.2 Å². The van der Waals surface area contributed by atoms with E-state index in [-0.39, 0.29) is 11.4 Å². The van der Waals surface area contributed by atoms with Crippen LogP contribution in [0.1, 0.15) is 39.2 Å². The number of aromatic nitrogens is 2. The quantitative estimate of drug-likeness (QED) is 0.569. The van der Waals surface area contributed by atoms with E-state index in [0.717, 1.165) is 53.2 Å². The number of para-hydroxylation sites is 1. The number of piperidine rings is 1. The van der Waals surface area contributed by atoms with Gasteiger partial charge in [0.1, 0.15) is 11.4 Å². The number of rotatable bonds is 2. The van der Waals surface area contributed by atoms with Crippen molar-refractivity contribution in [3.63, 3.8) is 0 Å². The van der Waals surface area contributed by atoms with Gasteiger partial charge in [0.2, 0.25) is 5.91 Å². The second-order valence-corrected chi connectivity index (χ2v) is 9.82. The summed E-state index contributed by atoms with van der Waals surface area (Å²) in [4.78, 5) is 28.1. The number of H-pyrrole nitrogens is 1. The Kier molecular flexibility index (Phi) is 4.92. The van der Waals surface area contributed by atoms with Crippen LogP contribution in [0.25, 0.3) is 10.9 Å². The molecule has 1 unspecified atom stereocenters. The van der Waals surface area contributed by atoms with Crippen LogP contribution in [0.4, 0.5) is 11.5 Å². The number of amidine groups is 1. The van der Waals surface area contributed by atoms with Gasteiger partial charge < -0.3 is 20.5 Å². The Morgan fingerprint density at radius 1 is 1.22 bits per heavy atom. The smallest absolute Gasteiger partial charge is 0.227 e. The van der Waals surface area contributed by atoms with Crippen molar-refractivity contribution < 1.29 is 4.79 Å². The summed E-state index contributed by atoms with van der Waals surface area (Å²) >= 11 is 0. The molecule has 3 N–H and O–H groups in total. The summed E-state index contributed by atoms with van der Waals surface area (Å²) in [5.41, 5.74) is 2.36. The first-order valence-electron chi connectivity index (χ1n) is 11.3. The van der Waals surface area contributed by atoms with Crippen LogP contribution in [0.15, 0.2) is 53.8 Å². The molecule has 0 aliphatic carbocycles. The number of aromatic amines is 1. The fourth-order valence-electron chi connectivity index (χ4n) is 4.74. The van der Waals surface area contributed by atoms with E-state index in [1.807, 2.05) is 41.4 Å². The minimum absolute atomic E-state index is 0.141. The molecule has 2 aliphatic heterocycles. The van der Waals surface area contributed by atoms with E-state index in [0.29, 0.717) is 13.0 Å². The van der Waals surface area contributed by atoms with Crippen molar-refractivity contribution in [3.05, 3.63) is 54.4 Å². The molecule has 2 aliphatic rings. The van der Waals surface area contributed by atoms with Gasteiger partial charge >= 0.3 is 0 Å². The molecule has 0 bridgehead atoms. The third kappa shape index (κ3) is 3.83. The lowest BCUT2D eigenvalue weighted by molar-refractivity contribution is -0.131. The fraction of sp³-hybridized carbons (Fsp3) is 0.400. The average molecular weight is 431 g/mol. The molecule has 0 radical (unpaired) electrons. The Morgan fingerprint density at radius 2 is 2.06 bits per heavy atom. The molecule has 5 rings (SSSR count). The van der Waals surface area contributed by atoms with Gasteiger partial charge in [-0.05, 0) is 57.4 Å². The van der Waals surface area contributed by atoms with E-state index in [1.54, 1.807) is 6.20 Å². The van der Waals surface area contributed by atoms with Gasteiger partial charge in [-0.1, -0.05) is 18.2 Å². The highest BCUT2D eigenvalue weighted by molar-refractivity contribution is 6.09. The number of benzene rings is 1. The molecule has 0 saturated carbocycles. The topological polar surface area (TPSA) is 85.4 Å². The Balaban J connectivity index is 1.44. The summed E-state index contributed by atoms with van der Waals surface area (Å²) in [6, 6.07) is 12.1. The van der Waals surface area contributed by atoms with Crippen LogP contribution in [-0.2, 0) is 11.2 Å². The van der Waals surface area contributed by atoms with Crippen molar-refractivity contribution in [2.24, 2.45) is 4.99 Å². The largest absolute Gasteiger partial charge is 0.368 e. The lowest BCUT2D eigenvalue weighted by Gasteiger charge is -2.47. The number of aliphatic imine (C=N–C) groups is 1. The molecule has 1 amide bonds. The monoisotopic (exact) mass is 430 g/mol. The highest BCUT2D eigenvalue weighted by atomic mass is 16.2. The van der Waals surface area contributed by atoms with Crippen LogP contribution >= 0.6 is 0 Å². The zero-order chi connectivity index (χ0) is 22.3. The first kappa shape index (κ1) is 20.5. The third-order valence-electron chi connectivity index (χ3n) is 6.18. The van der Waals surface area contributed by atoms with Crippen LogP contribution in [-0.4, -0.2) is 50.8 Å². The molecule has 1 aromatic carbocycles. The molecule has 1 fully saturated rings. The summed E-state index contributed by atoms with van der Waals surface area (Å²) < 4.78 is 0. The lowest BCUT2D eigenvalue weighted by Crippen LogP contribution is -2.63. The van der Waals surface area contributed by atoms with Gasteiger partial charge in [-0.15, -0.1) is 0 Å². The summed E-state index contributed by atoms with van der Waals surface area (Å²) in [5, 5.41) is 8.29. The van der Waals surface area contributed by atoms with E-state index in [2.05, 4.69) is 47.4 Å². The molecular weight excluding hydrogens is 400 g/mol. The normalized spacial score (nSPS) is 22.0. The van der Waals surface area contributed by atoms with E-state index in [4.69, 9.17) is 4.99 Å². The molecule has 1 atom stereocenters. The predicted molar refractivity (Wildman–Crippen MR) is 129 cm³/mol. The van der Waals surface area contributed by atoms with Gasteiger partial charge in [0.05, 0.1) is 24.2 Å². The molecule has 7 heteroatoms. The summed E-state index contributed by atoms with van der Waals surface area (Å²) in [7, 11) is 0. The molecule has 7 nitrogen and oxygen atoms in total. The highest BCUT2D eigenvalue weighted by Gasteiger charge is 2.45. The Labute approximate surface area is 188 Å². The van der Waals surface area contributed by atoms with Gasteiger partial charge in [-0.2, -0.15) is 0 Å². The third-order valence-corrected chi connectivity index (χ3v) is 6.18. The first-order valence-corrected chi connectivity index (χ1v) is 11.3. The molecular formula is C25H30N6O. The molecule has 4 heterocycles. The lowest BCUT2D eigenvalue weighted by atomic mass is 9.85. The van der Waals surface area contributed by atoms with Crippen LogP contribution in [0, 0.1) is 0 Å².